The zero-order chi connectivity index (χ0) is 63.5. The molecule has 0 saturated carbocycles. The number of hydrogen-bond acceptors (Lipinski definition) is 5. The van der Waals surface area contributed by atoms with Gasteiger partial charge in [0.15, 0.2) is 0 Å². The van der Waals surface area contributed by atoms with Gasteiger partial charge in [-0.1, -0.05) is 383 Å². The molecule has 0 bridgehead atoms. The lowest BCUT2D eigenvalue weighted by atomic mass is 10.0. The van der Waals surface area contributed by atoms with Crippen LogP contribution in [0.4, 0.5) is 0 Å². The zero-order valence-corrected chi connectivity index (χ0v) is 59.5. The lowest BCUT2D eigenvalue weighted by Gasteiger charge is -2.22. The van der Waals surface area contributed by atoms with Gasteiger partial charge in [0.1, 0.15) is 0 Å². The van der Waals surface area contributed by atoms with Crippen LogP contribution in [0.25, 0.3) is 0 Å². The van der Waals surface area contributed by atoms with Crippen LogP contribution in [0.1, 0.15) is 438 Å². The molecule has 0 aromatic rings. The van der Waals surface area contributed by atoms with Crippen molar-refractivity contribution in [1.29, 1.82) is 0 Å². The van der Waals surface area contributed by atoms with E-state index in [-0.39, 0.29) is 18.5 Å². The van der Waals surface area contributed by atoms with Gasteiger partial charge in [0.25, 0.3) is 0 Å². The van der Waals surface area contributed by atoms with E-state index in [9.17, 15) is 19.8 Å². The van der Waals surface area contributed by atoms with Gasteiger partial charge in [0, 0.05) is 12.8 Å². The number of carbonyl (C=O) groups is 2. The summed E-state index contributed by atoms with van der Waals surface area (Å²) < 4.78 is 5.51. The molecule has 0 rings (SSSR count). The summed E-state index contributed by atoms with van der Waals surface area (Å²) in [5, 5.41) is 23.5. The molecule has 0 fully saturated rings. The number of unbranched alkanes of at least 4 members (excludes halogenated alkanes) is 56. The summed E-state index contributed by atoms with van der Waals surface area (Å²) in [5.41, 5.74) is 0. The number of hydrogen-bond donors (Lipinski definition) is 3. The van der Waals surface area contributed by atoms with Gasteiger partial charge in [-0.25, -0.2) is 0 Å². The number of aliphatic hydroxyl groups is 2. The average Bonchev–Trinajstić information content (AvgIpc) is 3.58. The fourth-order valence-corrected chi connectivity index (χ4v) is 12.5. The average molecular weight is 1240 g/mol. The maximum Gasteiger partial charge on any atom is 0.305 e. The van der Waals surface area contributed by atoms with Crippen molar-refractivity contribution in [2.24, 2.45) is 0 Å². The molecule has 88 heavy (non-hydrogen) atoms. The summed E-state index contributed by atoms with van der Waals surface area (Å²) in [5.74, 6) is -0.0224. The van der Waals surface area contributed by atoms with E-state index in [1.54, 1.807) is 0 Å². The van der Waals surface area contributed by atoms with Crippen LogP contribution >= 0.6 is 0 Å². The van der Waals surface area contributed by atoms with Crippen molar-refractivity contribution in [2.45, 2.75) is 450 Å². The van der Waals surface area contributed by atoms with E-state index in [4.69, 9.17) is 4.74 Å². The molecule has 0 aliphatic carbocycles. The smallest absolute Gasteiger partial charge is 0.305 e. The van der Waals surface area contributed by atoms with Gasteiger partial charge >= 0.3 is 5.97 Å². The quantitative estimate of drug-likeness (QED) is 0.0320. The van der Waals surface area contributed by atoms with E-state index in [2.05, 4.69) is 67.8 Å². The zero-order valence-electron chi connectivity index (χ0n) is 59.5. The molecule has 0 spiro atoms. The maximum absolute atomic E-state index is 12.6. The highest BCUT2D eigenvalue weighted by Crippen LogP contribution is 2.20. The molecule has 6 heteroatoms. The lowest BCUT2D eigenvalue weighted by Crippen LogP contribution is -2.45. The third kappa shape index (κ3) is 72.9. The third-order valence-electron chi connectivity index (χ3n) is 18.6. The molecule has 0 heterocycles. The Morgan fingerprint density at radius 2 is 0.568 bits per heavy atom. The molecule has 3 N–H and O–H groups in total. The summed E-state index contributed by atoms with van der Waals surface area (Å²) in [7, 11) is 0. The van der Waals surface area contributed by atoms with Crippen molar-refractivity contribution in [3.8, 4) is 0 Å². The predicted molar refractivity (Wildman–Crippen MR) is 389 cm³/mol. The van der Waals surface area contributed by atoms with E-state index in [0.29, 0.717) is 25.9 Å². The lowest BCUT2D eigenvalue weighted by molar-refractivity contribution is -0.143. The van der Waals surface area contributed by atoms with Gasteiger partial charge in [0.2, 0.25) is 5.91 Å². The molecule has 518 valence electrons. The number of nitrogens with one attached hydrogen (secondary N) is 1. The van der Waals surface area contributed by atoms with E-state index in [1.165, 1.54) is 347 Å². The van der Waals surface area contributed by atoms with E-state index < -0.39 is 12.1 Å². The minimum absolute atomic E-state index is 0.00889. The molecule has 0 aliphatic heterocycles. The normalized spacial score (nSPS) is 12.7. The Hall–Kier alpha value is -2.18. The molecule has 0 saturated heterocycles. The second-order valence-corrected chi connectivity index (χ2v) is 27.4. The van der Waals surface area contributed by atoms with Crippen LogP contribution < -0.4 is 5.32 Å². The minimum Gasteiger partial charge on any atom is -0.466 e. The van der Waals surface area contributed by atoms with Gasteiger partial charge in [-0.2, -0.15) is 0 Å². The number of esters is 1. The molecule has 6 nitrogen and oxygen atoms in total. The Labute approximate surface area is 550 Å². The molecule has 0 radical (unpaired) electrons. The Balaban J connectivity index is 3.40. The number of ether oxygens (including phenoxy) is 1. The number of amides is 1. The van der Waals surface area contributed by atoms with Crippen LogP contribution in [0.2, 0.25) is 0 Å². The van der Waals surface area contributed by atoms with Crippen molar-refractivity contribution in [3.63, 3.8) is 0 Å². The van der Waals surface area contributed by atoms with E-state index in [1.807, 2.05) is 0 Å². The molecule has 0 aromatic heterocycles. The standard InChI is InChI=1S/C82H155NO5/c1-3-5-7-9-11-13-15-17-19-21-23-24-32-35-39-42-46-50-54-58-62-66-70-74-80(85)79(78-84)83-81(86)75-71-67-63-59-55-51-47-43-40-36-33-30-28-26-25-27-29-31-34-37-41-45-49-53-57-61-65-69-73-77-88-82(87)76-72-68-64-60-56-52-48-44-38-22-20-18-16-14-12-10-8-6-4-2/h12,14,18,20,25,27,31,34,79-80,84-85H,3-11,13,15-17,19,21-24,26,28-30,32-33,35-78H2,1-2H3,(H,83,86)/b14-12-,20-18-,27-25-,34-31-. The van der Waals surface area contributed by atoms with Gasteiger partial charge < -0.3 is 20.3 Å². The van der Waals surface area contributed by atoms with Crippen molar-refractivity contribution in [2.75, 3.05) is 13.2 Å². The van der Waals surface area contributed by atoms with E-state index in [0.717, 1.165) is 57.8 Å². The van der Waals surface area contributed by atoms with Gasteiger partial charge in [-0.05, 0) is 89.9 Å². The van der Waals surface area contributed by atoms with Crippen LogP contribution in [0, 0.1) is 0 Å². The minimum atomic E-state index is -0.667. The number of allylic oxidation sites excluding steroid dienone is 8. The molecule has 2 unspecified atom stereocenters. The van der Waals surface area contributed by atoms with Crippen LogP contribution in [-0.2, 0) is 14.3 Å². The number of rotatable bonds is 75. The highest BCUT2D eigenvalue weighted by atomic mass is 16.5. The first kappa shape index (κ1) is 85.8. The molecular weight excluding hydrogens is 1080 g/mol. The van der Waals surface area contributed by atoms with Crippen LogP contribution in [0.5, 0.6) is 0 Å². The summed E-state index contributed by atoms with van der Waals surface area (Å²) in [6, 6.07) is -0.545. The Bertz CT molecular complexity index is 1470. The van der Waals surface area contributed by atoms with Crippen LogP contribution in [-0.4, -0.2) is 47.4 Å². The maximum atomic E-state index is 12.6. The number of aliphatic hydroxyl groups excluding tert-OH is 2. The van der Waals surface area contributed by atoms with E-state index >= 15 is 0 Å². The largest absolute Gasteiger partial charge is 0.466 e. The topological polar surface area (TPSA) is 95.9 Å². The van der Waals surface area contributed by atoms with Crippen molar-refractivity contribution in [3.05, 3.63) is 48.6 Å². The van der Waals surface area contributed by atoms with Gasteiger partial charge in [-0.3, -0.25) is 9.59 Å². The third-order valence-corrected chi connectivity index (χ3v) is 18.6. The fraction of sp³-hybridized carbons (Fsp3) is 0.878. The molecule has 0 aromatic carbocycles. The molecule has 1 amide bonds. The first-order valence-electron chi connectivity index (χ1n) is 39.9. The Morgan fingerprint density at radius 3 is 0.886 bits per heavy atom. The summed E-state index contributed by atoms with van der Waals surface area (Å²) in [6.45, 7) is 4.97. The SMILES string of the molecule is CCCCC/C=C\C/C=C\CCCCCCCCCCCC(=O)OCCCCCCCCCCC/C=C\C/C=C\CCCCCCCCCCCCCCCC(=O)NC(CO)C(O)CCCCCCCCCCCCCCCCCCCCCCCCC. The second-order valence-electron chi connectivity index (χ2n) is 27.4. The van der Waals surface area contributed by atoms with Gasteiger partial charge in [0.05, 0.1) is 25.4 Å². The van der Waals surface area contributed by atoms with Crippen molar-refractivity contribution >= 4 is 11.9 Å². The first-order valence-corrected chi connectivity index (χ1v) is 39.9. The highest BCUT2D eigenvalue weighted by molar-refractivity contribution is 5.76. The Kier molecular flexibility index (Phi) is 75.4. The highest BCUT2D eigenvalue weighted by Gasteiger charge is 2.20. The molecular formula is C82H155NO5. The summed E-state index contributed by atoms with van der Waals surface area (Å²) in [4.78, 5) is 24.7. The van der Waals surface area contributed by atoms with Crippen LogP contribution in [0.3, 0.4) is 0 Å². The number of carbonyl (C=O) groups excluding carboxylic acids is 2. The van der Waals surface area contributed by atoms with Crippen molar-refractivity contribution in [1.82, 2.24) is 5.32 Å². The van der Waals surface area contributed by atoms with Crippen LogP contribution in [0.15, 0.2) is 48.6 Å². The first-order chi connectivity index (χ1) is 43.5. The van der Waals surface area contributed by atoms with Gasteiger partial charge in [-0.15, -0.1) is 0 Å². The second kappa shape index (κ2) is 77.3. The van der Waals surface area contributed by atoms with Crippen molar-refractivity contribution < 1.29 is 24.5 Å². The predicted octanol–water partition coefficient (Wildman–Crippen LogP) is 26.4. The molecule has 2 atom stereocenters. The summed E-state index contributed by atoms with van der Waals surface area (Å²) in [6.07, 6.45) is 102. The Morgan fingerprint density at radius 1 is 0.318 bits per heavy atom. The summed E-state index contributed by atoms with van der Waals surface area (Å²) >= 11 is 0. The molecule has 0 aliphatic rings. The fourth-order valence-electron chi connectivity index (χ4n) is 12.5. The monoisotopic (exact) mass is 1230 g/mol.